The lowest BCUT2D eigenvalue weighted by Crippen LogP contribution is -2.26. The highest BCUT2D eigenvalue weighted by molar-refractivity contribution is 5.19. The zero-order valence-electron chi connectivity index (χ0n) is 11.4. The molecule has 1 aromatic carbocycles. The van der Waals surface area contributed by atoms with Crippen molar-refractivity contribution < 1.29 is 0 Å². The van der Waals surface area contributed by atoms with E-state index in [4.69, 9.17) is 0 Å². The molecule has 0 spiro atoms. The molecule has 0 saturated carbocycles. The van der Waals surface area contributed by atoms with Crippen molar-refractivity contribution in [2.24, 2.45) is 13.0 Å². The molecule has 0 saturated heterocycles. The second-order valence-corrected chi connectivity index (χ2v) is 5.12. The van der Waals surface area contributed by atoms with E-state index in [9.17, 15) is 0 Å². The maximum absolute atomic E-state index is 3.66. The van der Waals surface area contributed by atoms with Crippen LogP contribution in [-0.4, -0.2) is 4.57 Å². The van der Waals surface area contributed by atoms with Gasteiger partial charge in [-0.2, -0.15) is 0 Å². The summed E-state index contributed by atoms with van der Waals surface area (Å²) in [6.07, 6.45) is 2.09. The fourth-order valence-corrected chi connectivity index (χ4v) is 2.29. The maximum Gasteiger partial charge on any atom is 0.0364 e. The Morgan fingerprint density at radius 3 is 2.33 bits per heavy atom. The predicted octanol–water partition coefficient (Wildman–Crippen LogP) is 3.51. The second kappa shape index (κ2) is 5.87. The molecule has 2 aromatic rings. The van der Waals surface area contributed by atoms with Crippen LogP contribution in [0.1, 0.15) is 31.1 Å². The van der Waals surface area contributed by atoms with E-state index in [2.05, 4.69) is 79.4 Å². The SMILES string of the molecule is CC(C)[C@H](NCc1cccn1C)c1ccccc1. The van der Waals surface area contributed by atoms with Crippen molar-refractivity contribution in [3.05, 3.63) is 59.9 Å². The van der Waals surface area contributed by atoms with Gasteiger partial charge in [-0.05, 0) is 23.6 Å². The summed E-state index contributed by atoms with van der Waals surface area (Å²) in [5, 5.41) is 3.66. The molecule has 0 aliphatic rings. The molecule has 1 N–H and O–H groups in total. The van der Waals surface area contributed by atoms with Gasteiger partial charge in [0.15, 0.2) is 0 Å². The van der Waals surface area contributed by atoms with E-state index in [1.807, 2.05) is 0 Å². The number of aryl methyl sites for hydroxylation is 1. The van der Waals surface area contributed by atoms with Crippen molar-refractivity contribution in [3.63, 3.8) is 0 Å². The quantitative estimate of drug-likeness (QED) is 0.849. The van der Waals surface area contributed by atoms with Gasteiger partial charge in [-0.15, -0.1) is 0 Å². The number of rotatable bonds is 5. The van der Waals surface area contributed by atoms with E-state index >= 15 is 0 Å². The fourth-order valence-electron chi connectivity index (χ4n) is 2.29. The Morgan fingerprint density at radius 2 is 1.78 bits per heavy atom. The first-order valence-electron chi connectivity index (χ1n) is 6.57. The van der Waals surface area contributed by atoms with Crippen molar-refractivity contribution in [2.75, 3.05) is 0 Å². The Hall–Kier alpha value is -1.54. The lowest BCUT2D eigenvalue weighted by molar-refractivity contribution is 0.406. The van der Waals surface area contributed by atoms with Crippen molar-refractivity contribution in [3.8, 4) is 0 Å². The number of nitrogens with one attached hydrogen (secondary N) is 1. The smallest absolute Gasteiger partial charge is 0.0364 e. The van der Waals surface area contributed by atoms with Crippen LogP contribution < -0.4 is 5.32 Å². The van der Waals surface area contributed by atoms with Gasteiger partial charge < -0.3 is 9.88 Å². The van der Waals surface area contributed by atoms with Crippen LogP contribution in [0.2, 0.25) is 0 Å². The zero-order chi connectivity index (χ0) is 13.0. The molecule has 2 rings (SSSR count). The van der Waals surface area contributed by atoms with E-state index in [1.165, 1.54) is 11.3 Å². The van der Waals surface area contributed by atoms with Gasteiger partial charge in [0.1, 0.15) is 0 Å². The summed E-state index contributed by atoms with van der Waals surface area (Å²) in [6, 6.07) is 15.3. The number of benzene rings is 1. The van der Waals surface area contributed by atoms with Gasteiger partial charge in [0.05, 0.1) is 0 Å². The van der Waals surface area contributed by atoms with Crippen LogP contribution in [-0.2, 0) is 13.6 Å². The van der Waals surface area contributed by atoms with Crippen LogP contribution in [0, 0.1) is 5.92 Å². The van der Waals surface area contributed by atoms with E-state index < -0.39 is 0 Å². The first kappa shape index (κ1) is 12.9. The minimum atomic E-state index is 0.404. The van der Waals surface area contributed by atoms with Crippen molar-refractivity contribution in [2.45, 2.75) is 26.4 Å². The molecule has 0 radical (unpaired) electrons. The van der Waals surface area contributed by atoms with E-state index in [-0.39, 0.29) is 0 Å². The van der Waals surface area contributed by atoms with Gasteiger partial charge in [-0.1, -0.05) is 44.2 Å². The van der Waals surface area contributed by atoms with Gasteiger partial charge in [-0.3, -0.25) is 0 Å². The molecule has 1 atom stereocenters. The van der Waals surface area contributed by atoms with Crippen molar-refractivity contribution >= 4 is 0 Å². The molecule has 0 bridgehead atoms. The average molecular weight is 242 g/mol. The highest BCUT2D eigenvalue weighted by Gasteiger charge is 2.14. The highest BCUT2D eigenvalue weighted by Crippen LogP contribution is 2.21. The molecule has 2 nitrogen and oxygen atoms in total. The number of aromatic nitrogens is 1. The third kappa shape index (κ3) is 3.02. The highest BCUT2D eigenvalue weighted by atomic mass is 15.0. The molecule has 0 amide bonds. The molecule has 2 heteroatoms. The van der Waals surface area contributed by atoms with Gasteiger partial charge in [0.25, 0.3) is 0 Å². The van der Waals surface area contributed by atoms with Crippen LogP contribution in [0.5, 0.6) is 0 Å². The molecule has 0 aliphatic heterocycles. The summed E-state index contributed by atoms with van der Waals surface area (Å²) in [6.45, 7) is 5.42. The van der Waals surface area contributed by atoms with Crippen molar-refractivity contribution in [1.29, 1.82) is 0 Å². The topological polar surface area (TPSA) is 17.0 Å². The summed E-state index contributed by atoms with van der Waals surface area (Å²) in [5.74, 6) is 0.577. The van der Waals surface area contributed by atoms with Crippen LogP contribution in [0.3, 0.4) is 0 Å². The molecule has 0 fully saturated rings. The molecule has 0 aliphatic carbocycles. The Morgan fingerprint density at radius 1 is 1.06 bits per heavy atom. The number of hydrogen-bond acceptors (Lipinski definition) is 1. The standard InChI is InChI=1S/C16H22N2/c1-13(2)16(14-8-5-4-6-9-14)17-12-15-10-7-11-18(15)3/h4-11,13,16-17H,12H2,1-3H3/t16-/m0/s1. The van der Waals surface area contributed by atoms with Gasteiger partial charge in [0.2, 0.25) is 0 Å². The van der Waals surface area contributed by atoms with Crippen LogP contribution in [0.25, 0.3) is 0 Å². The predicted molar refractivity (Wildman–Crippen MR) is 76.3 cm³/mol. The molecular weight excluding hydrogens is 220 g/mol. The van der Waals surface area contributed by atoms with E-state index in [0.29, 0.717) is 12.0 Å². The summed E-state index contributed by atoms with van der Waals surface area (Å²) in [4.78, 5) is 0. The van der Waals surface area contributed by atoms with Crippen LogP contribution >= 0.6 is 0 Å². The number of hydrogen-bond donors (Lipinski definition) is 1. The Kier molecular flexibility index (Phi) is 4.21. The Bertz CT molecular complexity index is 471. The second-order valence-electron chi connectivity index (χ2n) is 5.12. The summed E-state index contributed by atoms with van der Waals surface area (Å²) >= 11 is 0. The van der Waals surface area contributed by atoms with Gasteiger partial charge in [-0.25, -0.2) is 0 Å². The van der Waals surface area contributed by atoms with Gasteiger partial charge >= 0.3 is 0 Å². The summed E-state index contributed by atoms with van der Waals surface area (Å²) < 4.78 is 2.16. The van der Waals surface area contributed by atoms with Crippen LogP contribution in [0.15, 0.2) is 48.7 Å². The Balaban J connectivity index is 2.06. The summed E-state index contributed by atoms with van der Waals surface area (Å²) in [7, 11) is 2.09. The lowest BCUT2D eigenvalue weighted by Gasteiger charge is -2.23. The summed E-state index contributed by atoms with van der Waals surface area (Å²) in [5.41, 5.74) is 2.68. The molecular formula is C16H22N2. The van der Waals surface area contributed by atoms with E-state index in [1.54, 1.807) is 0 Å². The molecule has 1 aromatic heterocycles. The van der Waals surface area contributed by atoms with Crippen LogP contribution in [0.4, 0.5) is 0 Å². The zero-order valence-corrected chi connectivity index (χ0v) is 11.4. The largest absolute Gasteiger partial charge is 0.353 e. The fraction of sp³-hybridized carbons (Fsp3) is 0.375. The Labute approximate surface area is 110 Å². The maximum atomic E-state index is 3.66. The molecule has 18 heavy (non-hydrogen) atoms. The minimum Gasteiger partial charge on any atom is -0.353 e. The normalized spacial score (nSPS) is 12.9. The first-order valence-corrected chi connectivity index (χ1v) is 6.57. The number of nitrogens with zero attached hydrogens (tertiary/aromatic N) is 1. The average Bonchev–Trinajstić information content (AvgIpc) is 2.76. The van der Waals surface area contributed by atoms with Gasteiger partial charge in [0, 0.05) is 31.5 Å². The molecule has 0 unspecified atom stereocenters. The first-order chi connectivity index (χ1) is 8.68. The minimum absolute atomic E-state index is 0.404. The third-order valence-corrected chi connectivity index (χ3v) is 3.38. The molecule has 1 heterocycles. The van der Waals surface area contributed by atoms with Crippen molar-refractivity contribution in [1.82, 2.24) is 9.88 Å². The monoisotopic (exact) mass is 242 g/mol. The third-order valence-electron chi connectivity index (χ3n) is 3.38. The van der Waals surface area contributed by atoms with E-state index in [0.717, 1.165) is 6.54 Å². The molecule has 96 valence electrons. The lowest BCUT2D eigenvalue weighted by atomic mass is 9.96.